The largest absolute Gasteiger partial charge is 0.496 e. The second-order valence-corrected chi connectivity index (χ2v) is 7.58. The number of sulfonamides is 1. The van der Waals surface area contributed by atoms with Gasteiger partial charge in [-0.05, 0) is 47.0 Å². The Morgan fingerprint density at radius 1 is 1.40 bits per heavy atom. The first kappa shape index (κ1) is 15.8. The number of aliphatic hydroxyl groups is 1. The second-order valence-electron chi connectivity index (χ2n) is 5.05. The summed E-state index contributed by atoms with van der Waals surface area (Å²) in [5, 5.41) is 9.51. The number of benzene rings is 1. The van der Waals surface area contributed by atoms with Gasteiger partial charge < -0.3 is 9.84 Å². The molecular weight excluding hydrogens is 346 g/mol. The standard InChI is InChI=1S/C13H18BrNO4S/c1-19-12-5-4-10(8-11(12)14)20(17,18)15-13(9-16)6-2-3-7-13/h4-5,8,15-16H,2-3,6-7,9H2,1H3. The quantitative estimate of drug-likeness (QED) is 0.839. The summed E-state index contributed by atoms with van der Waals surface area (Å²) in [5.74, 6) is 0.571. The van der Waals surface area contributed by atoms with Crippen LogP contribution in [0.4, 0.5) is 0 Å². The number of methoxy groups -OCH3 is 1. The van der Waals surface area contributed by atoms with Crippen LogP contribution in [0.5, 0.6) is 5.75 Å². The molecule has 1 aliphatic carbocycles. The van der Waals surface area contributed by atoms with E-state index in [4.69, 9.17) is 4.74 Å². The number of rotatable bonds is 5. The molecule has 0 spiro atoms. The van der Waals surface area contributed by atoms with Gasteiger partial charge in [0.15, 0.2) is 0 Å². The third-order valence-corrected chi connectivity index (χ3v) is 5.84. The minimum Gasteiger partial charge on any atom is -0.496 e. The first-order valence-electron chi connectivity index (χ1n) is 6.41. The Bertz CT molecular complexity index is 582. The molecule has 0 aliphatic heterocycles. The Balaban J connectivity index is 2.28. The third kappa shape index (κ3) is 3.16. The van der Waals surface area contributed by atoms with E-state index in [-0.39, 0.29) is 11.5 Å². The Morgan fingerprint density at radius 2 is 2.05 bits per heavy atom. The fourth-order valence-electron chi connectivity index (χ4n) is 2.50. The molecule has 0 atom stereocenters. The molecule has 0 amide bonds. The van der Waals surface area contributed by atoms with Crippen molar-refractivity contribution in [3.63, 3.8) is 0 Å². The van der Waals surface area contributed by atoms with Crippen molar-refractivity contribution in [2.75, 3.05) is 13.7 Å². The Labute approximate surface area is 127 Å². The maximum Gasteiger partial charge on any atom is 0.241 e. The predicted molar refractivity (Wildman–Crippen MR) is 79.3 cm³/mol. The van der Waals surface area contributed by atoms with E-state index >= 15 is 0 Å². The Hall–Kier alpha value is -0.630. The van der Waals surface area contributed by atoms with Gasteiger partial charge in [-0.15, -0.1) is 0 Å². The van der Waals surface area contributed by atoms with Crippen LogP contribution in [0.1, 0.15) is 25.7 Å². The van der Waals surface area contributed by atoms with E-state index in [9.17, 15) is 13.5 Å². The molecule has 5 nitrogen and oxygen atoms in total. The van der Waals surface area contributed by atoms with Gasteiger partial charge in [0.1, 0.15) is 5.75 Å². The lowest BCUT2D eigenvalue weighted by Gasteiger charge is -2.27. The first-order valence-corrected chi connectivity index (χ1v) is 8.68. The summed E-state index contributed by atoms with van der Waals surface area (Å²) in [7, 11) is -2.14. The molecule has 0 saturated heterocycles. The molecule has 2 N–H and O–H groups in total. The maximum atomic E-state index is 12.4. The smallest absolute Gasteiger partial charge is 0.241 e. The van der Waals surface area contributed by atoms with Crippen molar-refractivity contribution in [3.05, 3.63) is 22.7 Å². The van der Waals surface area contributed by atoms with E-state index in [0.717, 1.165) is 12.8 Å². The molecule has 7 heteroatoms. The lowest BCUT2D eigenvalue weighted by molar-refractivity contribution is 0.185. The average molecular weight is 364 g/mol. The van der Waals surface area contributed by atoms with Crippen LogP contribution in [0.3, 0.4) is 0 Å². The van der Waals surface area contributed by atoms with Crippen LogP contribution in [0.25, 0.3) is 0 Å². The van der Waals surface area contributed by atoms with E-state index in [2.05, 4.69) is 20.7 Å². The van der Waals surface area contributed by atoms with E-state index in [0.29, 0.717) is 23.1 Å². The minimum absolute atomic E-state index is 0.157. The lowest BCUT2D eigenvalue weighted by atomic mass is 10.0. The van der Waals surface area contributed by atoms with Crippen LogP contribution in [-0.4, -0.2) is 32.8 Å². The van der Waals surface area contributed by atoms with Gasteiger partial charge in [0.2, 0.25) is 10.0 Å². The topological polar surface area (TPSA) is 75.6 Å². The van der Waals surface area contributed by atoms with Crippen LogP contribution in [-0.2, 0) is 10.0 Å². The van der Waals surface area contributed by atoms with Crippen molar-refractivity contribution in [3.8, 4) is 5.75 Å². The maximum absolute atomic E-state index is 12.4. The zero-order chi connectivity index (χ0) is 14.8. The molecular formula is C13H18BrNO4S. The highest BCUT2D eigenvalue weighted by Crippen LogP contribution is 2.32. The summed E-state index contributed by atoms with van der Waals surface area (Å²) in [4.78, 5) is 0.157. The summed E-state index contributed by atoms with van der Waals surface area (Å²) < 4.78 is 33.2. The average Bonchev–Trinajstić information content (AvgIpc) is 2.87. The van der Waals surface area contributed by atoms with E-state index in [1.54, 1.807) is 6.07 Å². The van der Waals surface area contributed by atoms with Crippen LogP contribution in [0.15, 0.2) is 27.6 Å². The van der Waals surface area contributed by atoms with Gasteiger partial charge in [-0.3, -0.25) is 0 Å². The van der Waals surface area contributed by atoms with Gasteiger partial charge in [-0.1, -0.05) is 12.8 Å². The number of hydrogen-bond acceptors (Lipinski definition) is 4. The summed E-state index contributed by atoms with van der Waals surface area (Å²) in [6, 6.07) is 4.59. The van der Waals surface area contributed by atoms with Gasteiger partial charge in [-0.25, -0.2) is 13.1 Å². The van der Waals surface area contributed by atoms with Gasteiger partial charge >= 0.3 is 0 Å². The van der Waals surface area contributed by atoms with E-state index in [1.165, 1.54) is 19.2 Å². The van der Waals surface area contributed by atoms with Crippen molar-refractivity contribution in [1.29, 1.82) is 0 Å². The lowest BCUT2D eigenvalue weighted by Crippen LogP contribution is -2.49. The molecule has 1 aromatic carbocycles. The predicted octanol–water partition coefficient (Wildman–Crippen LogP) is 2.04. The fraction of sp³-hybridized carbons (Fsp3) is 0.538. The van der Waals surface area contributed by atoms with Crippen molar-refractivity contribution in [1.82, 2.24) is 4.72 Å². The van der Waals surface area contributed by atoms with Gasteiger partial charge in [0, 0.05) is 0 Å². The molecule has 1 saturated carbocycles. The molecule has 0 bridgehead atoms. The SMILES string of the molecule is COc1ccc(S(=O)(=O)NC2(CO)CCCC2)cc1Br. The van der Waals surface area contributed by atoms with E-state index in [1.807, 2.05) is 0 Å². The van der Waals surface area contributed by atoms with Crippen molar-refractivity contribution < 1.29 is 18.3 Å². The molecule has 1 aliphatic rings. The monoisotopic (exact) mass is 363 g/mol. The number of halogens is 1. The fourth-order valence-corrected chi connectivity index (χ4v) is 4.67. The molecule has 20 heavy (non-hydrogen) atoms. The van der Waals surface area contributed by atoms with Crippen molar-refractivity contribution in [2.24, 2.45) is 0 Å². The molecule has 2 rings (SSSR count). The second kappa shape index (κ2) is 6.01. The zero-order valence-corrected chi connectivity index (χ0v) is 13.6. The molecule has 1 fully saturated rings. The molecule has 112 valence electrons. The molecule has 1 aromatic rings. The summed E-state index contributed by atoms with van der Waals surface area (Å²) >= 11 is 3.28. The molecule has 0 unspecified atom stereocenters. The van der Waals surface area contributed by atoms with E-state index < -0.39 is 15.6 Å². The van der Waals surface area contributed by atoms with Crippen LogP contribution in [0, 0.1) is 0 Å². The van der Waals surface area contributed by atoms with Gasteiger partial charge in [-0.2, -0.15) is 0 Å². The highest BCUT2D eigenvalue weighted by molar-refractivity contribution is 9.10. The number of hydrogen-bond donors (Lipinski definition) is 2. The van der Waals surface area contributed by atoms with Gasteiger partial charge in [0.05, 0.1) is 28.6 Å². The number of aliphatic hydroxyl groups excluding tert-OH is 1. The normalized spacial score (nSPS) is 18.1. The molecule has 0 aromatic heterocycles. The Kier molecular flexibility index (Phi) is 4.73. The number of ether oxygens (including phenoxy) is 1. The van der Waals surface area contributed by atoms with Gasteiger partial charge in [0.25, 0.3) is 0 Å². The van der Waals surface area contributed by atoms with Crippen molar-refractivity contribution >= 4 is 26.0 Å². The van der Waals surface area contributed by atoms with Crippen LogP contribution in [0.2, 0.25) is 0 Å². The summed E-state index contributed by atoms with van der Waals surface area (Å²) in [5.41, 5.74) is -0.717. The molecule has 0 radical (unpaired) electrons. The van der Waals surface area contributed by atoms with Crippen LogP contribution < -0.4 is 9.46 Å². The van der Waals surface area contributed by atoms with Crippen molar-refractivity contribution in [2.45, 2.75) is 36.1 Å². The van der Waals surface area contributed by atoms with Crippen LogP contribution >= 0.6 is 15.9 Å². The molecule has 0 heterocycles. The summed E-state index contributed by atoms with van der Waals surface area (Å²) in [6.45, 7) is -0.177. The summed E-state index contributed by atoms with van der Waals surface area (Å²) in [6.07, 6.45) is 3.19. The third-order valence-electron chi connectivity index (χ3n) is 3.65. The Morgan fingerprint density at radius 3 is 2.55 bits per heavy atom. The highest BCUT2D eigenvalue weighted by Gasteiger charge is 2.37. The first-order chi connectivity index (χ1) is 9.42. The highest BCUT2D eigenvalue weighted by atomic mass is 79.9. The zero-order valence-electron chi connectivity index (χ0n) is 11.2. The minimum atomic E-state index is -3.66. The number of nitrogens with one attached hydrogen (secondary N) is 1.